The molecule has 1 aliphatic carbocycles. The summed E-state index contributed by atoms with van der Waals surface area (Å²) in [7, 11) is 0. The zero-order chi connectivity index (χ0) is 18.2. The molecular formula is C25H15N3. The van der Waals surface area contributed by atoms with Crippen LogP contribution < -0.4 is 0 Å². The Morgan fingerprint density at radius 3 is 2.64 bits per heavy atom. The van der Waals surface area contributed by atoms with E-state index in [1.165, 1.54) is 43.9 Å². The number of rotatable bonds is 0. The minimum Gasteiger partial charge on any atom is -0.292 e. The molecule has 0 atom stereocenters. The van der Waals surface area contributed by atoms with Gasteiger partial charge in [0, 0.05) is 17.0 Å². The van der Waals surface area contributed by atoms with Gasteiger partial charge >= 0.3 is 0 Å². The number of para-hydroxylation sites is 1. The Kier molecular flexibility index (Phi) is 2.54. The van der Waals surface area contributed by atoms with Crippen molar-refractivity contribution in [3.8, 4) is 11.1 Å². The van der Waals surface area contributed by atoms with E-state index in [-0.39, 0.29) is 0 Å². The van der Waals surface area contributed by atoms with Crippen LogP contribution in [-0.4, -0.2) is 14.4 Å². The van der Waals surface area contributed by atoms with Crippen molar-refractivity contribution < 1.29 is 0 Å². The van der Waals surface area contributed by atoms with Crippen molar-refractivity contribution >= 4 is 38.4 Å². The molecular weight excluding hydrogens is 342 g/mol. The normalized spacial score (nSPS) is 12.9. The number of imidazole rings is 1. The molecule has 3 aromatic carbocycles. The molecule has 0 aliphatic heterocycles. The molecule has 0 bridgehead atoms. The first-order valence-corrected chi connectivity index (χ1v) is 9.57. The van der Waals surface area contributed by atoms with E-state index in [0.29, 0.717) is 0 Å². The van der Waals surface area contributed by atoms with Gasteiger partial charge in [0.25, 0.3) is 0 Å². The lowest BCUT2D eigenvalue weighted by Gasteiger charge is -2.12. The quantitative estimate of drug-likeness (QED) is 0.323. The number of nitrogens with zero attached hydrogens (tertiary/aromatic N) is 3. The Balaban J connectivity index is 1.77. The van der Waals surface area contributed by atoms with Crippen LogP contribution in [0.25, 0.3) is 49.5 Å². The third kappa shape index (κ3) is 1.65. The first-order chi connectivity index (χ1) is 13.9. The van der Waals surface area contributed by atoms with Crippen LogP contribution >= 0.6 is 0 Å². The van der Waals surface area contributed by atoms with Crippen LogP contribution in [0, 0.1) is 0 Å². The van der Waals surface area contributed by atoms with Gasteiger partial charge in [0.15, 0.2) is 0 Å². The molecule has 0 saturated carbocycles. The van der Waals surface area contributed by atoms with Gasteiger partial charge in [-0.2, -0.15) is 0 Å². The highest BCUT2D eigenvalue weighted by molar-refractivity contribution is 6.17. The molecule has 7 rings (SSSR count). The van der Waals surface area contributed by atoms with Crippen molar-refractivity contribution in [2.45, 2.75) is 6.42 Å². The molecule has 3 heteroatoms. The fourth-order valence-corrected chi connectivity index (χ4v) is 4.94. The van der Waals surface area contributed by atoms with Crippen molar-refractivity contribution in [1.82, 2.24) is 14.4 Å². The van der Waals surface area contributed by atoms with Crippen LogP contribution in [0.3, 0.4) is 0 Å². The Hall–Kier alpha value is -3.72. The van der Waals surface area contributed by atoms with Crippen LogP contribution in [0.15, 0.2) is 79.1 Å². The molecule has 3 heterocycles. The summed E-state index contributed by atoms with van der Waals surface area (Å²) in [5.41, 5.74) is 9.79. The number of benzene rings is 3. The van der Waals surface area contributed by atoms with Gasteiger partial charge in [-0.25, -0.2) is 4.98 Å². The summed E-state index contributed by atoms with van der Waals surface area (Å²) < 4.78 is 2.28. The maximum atomic E-state index is 4.97. The van der Waals surface area contributed by atoms with Crippen LogP contribution in [-0.2, 0) is 6.42 Å². The molecule has 0 fully saturated rings. The van der Waals surface area contributed by atoms with Crippen molar-refractivity contribution in [2.24, 2.45) is 0 Å². The largest absolute Gasteiger partial charge is 0.292 e. The summed E-state index contributed by atoms with van der Waals surface area (Å²) in [6.45, 7) is 0. The van der Waals surface area contributed by atoms with Crippen molar-refractivity contribution in [3.63, 3.8) is 0 Å². The van der Waals surface area contributed by atoms with E-state index < -0.39 is 0 Å². The summed E-state index contributed by atoms with van der Waals surface area (Å²) in [5.74, 6) is 0. The second-order valence-corrected chi connectivity index (χ2v) is 7.50. The average Bonchev–Trinajstić information content (AvgIpc) is 3.32. The third-order valence-electron chi connectivity index (χ3n) is 6.10. The van der Waals surface area contributed by atoms with Gasteiger partial charge < -0.3 is 0 Å². The maximum absolute atomic E-state index is 4.97. The number of aromatic nitrogens is 3. The van der Waals surface area contributed by atoms with Gasteiger partial charge in [0.05, 0.1) is 17.2 Å². The van der Waals surface area contributed by atoms with Crippen LogP contribution in [0.4, 0.5) is 0 Å². The van der Waals surface area contributed by atoms with E-state index in [1.807, 2.05) is 12.4 Å². The Bertz CT molecular complexity index is 1590. The SMILES string of the molecule is c1ccc2c(c1)Cc1c-2ccc2c1c1ccccc1n1c3ccncc3nc21. The van der Waals surface area contributed by atoms with Crippen LogP contribution in [0.2, 0.25) is 0 Å². The minimum atomic E-state index is 0.934. The molecule has 0 saturated heterocycles. The second-order valence-electron chi connectivity index (χ2n) is 7.50. The summed E-state index contributed by atoms with van der Waals surface area (Å²) in [4.78, 5) is 9.25. The van der Waals surface area contributed by atoms with Gasteiger partial charge in [-0.1, -0.05) is 48.5 Å². The molecule has 0 N–H and O–H groups in total. The highest BCUT2D eigenvalue weighted by Gasteiger charge is 2.23. The molecule has 1 aliphatic rings. The number of pyridine rings is 2. The molecule has 6 aromatic rings. The van der Waals surface area contributed by atoms with Gasteiger partial charge in [0.1, 0.15) is 11.2 Å². The van der Waals surface area contributed by atoms with Gasteiger partial charge in [-0.05, 0) is 52.3 Å². The molecule has 0 radical (unpaired) electrons. The fraction of sp³-hybridized carbons (Fsp3) is 0.0400. The lowest BCUT2D eigenvalue weighted by molar-refractivity contribution is 1.28. The Labute approximate surface area is 160 Å². The number of hydrogen-bond donors (Lipinski definition) is 0. The van der Waals surface area contributed by atoms with E-state index in [9.17, 15) is 0 Å². The predicted octanol–water partition coefficient (Wildman–Crippen LogP) is 5.76. The van der Waals surface area contributed by atoms with Crippen molar-refractivity contribution in [3.05, 3.63) is 90.3 Å². The number of fused-ring (bicyclic) bond motifs is 12. The topological polar surface area (TPSA) is 30.2 Å². The lowest BCUT2D eigenvalue weighted by Crippen LogP contribution is -1.94. The monoisotopic (exact) mass is 357 g/mol. The minimum absolute atomic E-state index is 0.934. The fourth-order valence-electron chi connectivity index (χ4n) is 4.94. The first-order valence-electron chi connectivity index (χ1n) is 9.57. The summed E-state index contributed by atoms with van der Waals surface area (Å²) in [5, 5.41) is 3.83. The molecule has 130 valence electrons. The second kappa shape index (κ2) is 4.96. The Morgan fingerprint density at radius 2 is 1.64 bits per heavy atom. The molecule has 0 amide bonds. The van der Waals surface area contributed by atoms with Gasteiger partial charge in [-0.15, -0.1) is 0 Å². The average molecular weight is 357 g/mol. The van der Waals surface area contributed by atoms with Gasteiger partial charge in [-0.3, -0.25) is 9.38 Å². The van der Waals surface area contributed by atoms with E-state index in [4.69, 9.17) is 4.98 Å². The van der Waals surface area contributed by atoms with E-state index in [1.54, 1.807) is 0 Å². The zero-order valence-electron chi connectivity index (χ0n) is 15.1. The Morgan fingerprint density at radius 1 is 0.750 bits per heavy atom. The zero-order valence-corrected chi connectivity index (χ0v) is 15.1. The van der Waals surface area contributed by atoms with Crippen molar-refractivity contribution in [2.75, 3.05) is 0 Å². The first kappa shape index (κ1) is 14.4. The lowest BCUT2D eigenvalue weighted by atomic mass is 9.96. The highest BCUT2D eigenvalue weighted by atomic mass is 15.0. The predicted molar refractivity (Wildman–Crippen MR) is 114 cm³/mol. The number of hydrogen-bond acceptors (Lipinski definition) is 2. The highest BCUT2D eigenvalue weighted by Crippen LogP contribution is 2.43. The summed E-state index contributed by atoms with van der Waals surface area (Å²) >= 11 is 0. The van der Waals surface area contributed by atoms with Crippen LogP contribution in [0.1, 0.15) is 11.1 Å². The van der Waals surface area contributed by atoms with Crippen molar-refractivity contribution in [1.29, 1.82) is 0 Å². The van der Waals surface area contributed by atoms with Gasteiger partial charge in [0.2, 0.25) is 0 Å². The summed E-state index contributed by atoms with van der Waals surface area (Å²) in [6, 6.07) is 24.0. The van der Waals surface area contributed by atoms with E-state index in [2.05, 4.69) is 76.1 Å². The summed E-state index contributed by atoms with van der Waals surface area (Å²) in [6.07, 6.45) is 4.67. The molecule has 3 aromatic heterocycles. The van der Waals surface area contributed by atoms with Crippen LogP contribution in [0.5, 0.6) is 0 Å². The molecule has 3 nitrogen and oxygen atoms in total. The third-order valence-corrected chi connectivity index (χ3v) is 6.10. The van der Waals surface area contributed by atoms with E-state index in [0.717, 1.165) is 23.1 Å². The molecule has 0 spiro atoms. The van der Waals surface area contributed by atoms with E-state index >= 15 is 0 Å². The smallest absolute Gasteiger partial charge is 0.146 e. The maximum Gasteiger partial charge on any atom is 0.146 e. The molecule has 0 unspecified atom stereocenters. The standard InChI is InChI=1S/C25H15N3/c1-2-6-16-15(5-1)13-20-17(16)9-10-19-24(20)18-7-3-4-8-22(18)28-23-11-12-26-14-21(23)27-25(19)28/h1-12,14H,13H2. The molecule has 28 heavy (non-hydrogen) atoms.